The summed E-state index contributed by atoms with van der Waals surface area (Å²) in [5.74, 6) is -1.32. The van der Waals surface area contributed by atoms with Crippen LogP contribution in [0.5, 0.6) is 5.75 Å². The molecule has 0 atom stereocenters. The van der Waals surface area contributed by atoms with Crippen molar-refractivity contribution < 1.29 is 15.0 Å². The molecule has 0 saturated heterocycles. The molecule has 16 heavy (non-hydrogen) atoms. The van der Waals surface area contributed by atoms with E-state index in [1.807, 2.05) is 0 Å². The van der Waals surface area contributed by atoms with Gasteiger partial charge in [0.2, 0.25) is 0 Å². The van der Waals surface area contributed by atoms with Crippen molar-refractivity contribution in [3.8, 4) is 5.75 Å². The lowest BCUT2D eigenvalue weighted by atomic mass is 10.1. The van der Waals surface area contributed by atoms with Crippen molar-refractivity contribution in [2.45, 2.75) is 0 Å². The van der Waals surface area contributed by atoms with E-state index in [0.717, 1.165) is 4.57 Å². The van der Waals surface area contributed by atoms with Crippen molar-refractivity contribution in [1.29, 1.82) is 0 Å². The van der Waals surface area contributed by atoms with Gasteiger partial charge in [-0.15, -0.1) is 0 Å². The predicted octanol–water partition coefficient (Wildman–Crippen LogP) is 0.942. The Hall–Kier alpha value is -2.30. The minimum atomic E-state index is -1.27. The number of nitrogens with zero attached hydrogens (tertiary/aromatic N) is 1. The quantitative estimate of drug-likeness (QED) is 0.748. The van der Waals surface area contributed by atoms with Crippen molar-refractivity contribution in [3.05, 3.63) is 40.2 Å². The van der Waals surface area contributed by atoms with E-state index in [1.165, 1.54) is 19.2 Å². The summed E-state index contributed by atoms with van der Waals surface area (Å²) in [5.41, 5.74) is -0.611. The molecule has 0 saturated carbocycles. The molecule has 1 heterocycles. The number of carboxylic acid groups (broad SMARTS) is 1. The van der Waals surface area contributed by atoms with Gasteiger partial charge < -0.3 is 14.8 Å². The zero-order valence-electron chi connectivity index (χ0n) is 8.47. The molecule has 0 aliphatic carbocycles. The first-order valence-electron chi connectivity index (χ1n) is 4.57. The van der Waals surface area contributed by atoms with Gasteiger partial charge in [0.15, 0.2) is 0 Å². The summed E-state index contributed by atoms with van der Waals surface area (Å²) in [6.07, 6.45) is 0. The Bertz CT molecular complexity index is 642. The maximum absolute atomic E-state index is 11.6. The number of carbonyl (C=O) groups is 1. The van der Waals surface area contributed by atoms with Gasteiger partial charge in [0.25, 0.3) is 5.56 Å². The van der Waals surface area contributed by atoms with Gasteiger partial charge in [-0.25, -0.2) is 4.79 Å². The van der Waals surface area contributed by atoms with Gasteiger partial charge in [0.1, 0.15) is 11.3 Å². The van der Waals surface area contributed by atoms with Crippen LogP contribution in [0.25, 0.3) is 10.9 Å². The van der Waals surface area contributed by atoms with Crippen LogP contribution in [0, 0.1) is 0 Å². The van der Waals surface area contributed by atoms with E-state index >= 15 is 0 Å². The van der Waals surface area contributed by atoms with E-state index in [-0.39, 0.29) is 11.3 Å². The summed E-state index contributed by atoms with van der Waals surface area (Å²) in [6, 6.07) is 5.94. The number of aryl methyl sites for hydroxylation is 1. The fourth-order valence-corrected chi connectivity index (χ4v) is 1.68. The van der Waals surface area contributed by atoms with E-state index in [9.17, 15) is 14.7 Å². The minimum Gasteiger partial charge on any atom is -0.506 e. The molecule has 0 aliphatic heterocycles. The topological polar surface area (TPSA) is 79.5 Å². The molecule has 2 aromatic rings. The van der Waals surface area contributed by atoms with Crippen LogP contribution in [0.15, 0.2) is 29.1 Å². The van der Waals surface area contributed by atoms with Gasteiger partial charge in [-0.2, -0.15) is 0 Å². The highest BCUT2D eigenvalue weighted by Crippen LogP contribution is 2.22. The number of carboxylic acids is 1. The predicted molar refractivity (Wildman–Crippen MR) is 57.8 cm³/mol. The highest BCUT2D eigenvalue weighted by Gasteiger charge is 2.14. The SMILES string of the molecule is Cn1c(=O)c(C(=O)O)cc2cccc(O)c21. The van der Waals surface area contributed by atoms with Crippen molar-refractivity contribution in [2.24, 2.45) is 7.05 Å². The molecule has 1 aromatic carbocycles. The van der Waals surface area contributed by atoms with Crippen molar-refractivity contribution in [1.82, 2.24) is 4.57 Å². The summed E-state index contributed by atoms with van der Waals surface area (Å²) >= 11 is 0. The van der Waals surface area contributed by atoms with E-state index in [1.54, 1.807) is 12.1 Å². The second kappa shape index (κ2) is 3.37. The number of para-hydroxylation sites is 1. The Kier molecular flexibility index (Phi) is 2.16. The third kappa shape index (κ3) is 1.33. The Labute approximate surface area is 90.2 Å². The molecule has 5 heteroatoms. The number of phenolic OH excluding ortho intramolecular Hbond substituents is 1. The van der Waals surface area contributed by atoms with E-state index in [4.69, 9.17) is 5.11 Å². The standard InChI is InChI=1S/C11H9NO4/c1-12-9-6(3-2-4-8(9)13)5-7(10(12)14)11(15)16/h2-5,13H,1H3,(H,15,16). The number of hydrogen-bond acceptors (Lipinski definition) is 3. The molecule has 0 fully saturated rings. The Balaban J connectivity index is 3.00. The smallest absolute Gasteiger partial charge is 0.341 e. The van der Waals surface area contributed by atoms with E-state index in [0.29, 0.717) is 10.9 Å². The van der Waals surface area contributed by atoms with Gasteiger partial charge in [0.05, 0.1) is 5.52 Å². The van der Waals surface area contributed by atoms with Gasteiger partial charge >= 0.3 is 5.97 Å². The summed E-state index contributed by atoms with van der Waals surface area (Å²) in [6.45, 7) is 0. The molecular formula is C11H9NO4. The zero-order valence-corrected chi connectivity index (χ0v) is 8.47. The van der Waals surface area contributed by atoms with Crippen LogP contribution >= 0.6 is 0 Å². The van der Waals surface area contributed by atoms with Crippen molar-refractivity contribution in [3.63, 3.8) is 0 Å². The van der Waals surface area contributed by atoms with Crippen LogP contribution in [-0.2, 0) is 7.05 Å². The van der Waals surface area contributed by atoms with Gasteiger partial charge in [-0.05, 0) is 12.1 Å². The van der Waals surface area contributed by atoms with Crippen LogP contribution < -0.4 is 5.56 Å². The van der Waals surface area contributed by atoms with E-state index in [2.05, 4.69) is 0 Å². The number of benzene rings is 1. The van der Waals surface area contributed by atoms with Crippen molar-refractivity contribution in [2.75, 3.05) is 0 Å². The number of fused-ring (bicyclic) bond motifs is 1. The third-order valence-electron chi connectivity index (χ3n) is 2.45. The van der Waals surface area contributed by atoms with Crippen LogP contribution in [0.3, 0.4) is 0 Å². The lowest BCUT2D eigenvalue weighted by Gasteiger charge is -2.07. The fraction of sp³-hybridized carbons (Fsp3) is 0.0909. The first-order valence-corrected chi connectivity index (χ1v) is 4.57. The van der Waals surface area contributed by atoms with E-state index < -0.39 is 11.5 Å². The molecule has 2 N–H and O–H groups in total. The second-order valence-electron chi connectivity index (χ2n) is 3.44. The minimum absolute atomic E-state index is 0.0472. The second-order valence-corrected chi connectivity index (χ2v) is 3.44. The summed E-state index contributed by atoms with van der Waals surface area (Å²) in [5, 5.41) is 19.0. The molecule has 0 unspecified atom stereocenters. The average molecular weight is 219 g/mol. The Morgan fingerprint density at radius 3 is 2.69 bits per heavy atom. The molecule has 0 aliphatic rings. The zero-order chi connectivity index (χ0) is 11.9. The summed E-state index contributed by atoms with van der Waals surface area (Å²) in [4.78, 5) is 22.5. The number of rotatable bonds is 1. The normalized spacial score (nSPS) is 10.6. The highest BCUT2D eigenvalue weighted by molar-refractivity contribution is 5.94. The molecule has 5 nitrogen and oxygen atoms in total. The molecule has 2 rings (SSSR count). The Morgan fingerprint density at radius 2 is 2.06 bits per heavy atom. The number of pyridine rings is 1. The maximum Gasteiger partial charge on any atom is 0.341 e. The largest absolute Gasteiger partial charge is 0.506 e. The molecular weight excluding hydrogens is 210 g/mol. The third-order valence-corrected chi connectivity index (χ3v) is 2.45. The number of aromatic hydroxyl groups is 1. The molecule has 0 amide bonds. The van der Waals surface area contributed by atoms with Gasteiger partial charge in [0, 0.05) is 12.4 Å². The number of aromatic carboxylic acids is 1. The van der Waals surface area contributed by atoms with Crippen LogP contribution in [0.1, 0.15) is 10.4 Å². The van der Waals surface area contributed by atoms with Crippen LogP contribution in [0.2, 0.25) is 0 Å². The monoisotopic (exact) mass is 219 g/mol. The van der Waals surface area contributed by atoms with Gasteiger partial charge in [-0.1, -0.05) is 12.1 Å². The Morgan fingerprint density at radius 1 is 1.38 bits per heavy atom. The van der Waals surface area contributed by atoms with Gasteiger partial charge in [-0.3, -0.25) is 4.79 Å². The van der Waals surface area contributed by atoms with Crippen molar-refractivity contribution >= 4 is 16.9 Å². The lowest BCUT2D eigenvalue weighted by molar-refractivity contribution is 0.0694. The van der Waals surface area contributed by atoms with Crippen LogP contribution in [0.4, 0.5) is 0 Å². The first-order chi connectivity index (χ1) is 7.52. The fourth-order valence-electron chi connectivity index (χ4n) is 1.68. The molecule has 0 spiro atoms. The molecule has 1 aromatic heterocycles. The highest BCUT2D eigenvalue weighted by atomic mass is 16.4. The number of aromatic nitrogens is 1. The number of hydrogen-bond donors (Lipinski definition) is 2. The van der Waals surface area contributed by atoms with Crippen LogP contribution in [-0.4, -0.2) is 20.7 Å². The first kappa shape index (κ1) is 10.2. The number of phenols is 1. The lowest BCUT2D eigenvalue weighted by Crippen LogP contribution is -2.24. The maximum atomic E-state index is 11.6. The molecule has 82 valence electrons. The summed E-state index contributed by atoms with van der Waals surface area (Å²) < 4.78 is 1.13. The molecule has 0 bridgehead atoms. The summed E-state index contributed by atoms with van der Waals surface area (Å²) in [7, 11) is 1.43. The molecule has 0 radical (unpaired) electrons. The average Bonchev–Trinajstić information content (AvgIpc) is 2.22.